The molecule has 5 N–H and O–H groups in total. The van der Waals surface area contributed by atoms with Crippen molar-refractivity contribution in [2.24, 2.45) is 5.73 Å². The number of rotatable bonds is 3. The second-order valence-corrected chi connectivity index (χ2v) is 3.68. The Morgan fingerprint density at radius 3 is 2.47 bits per heavy atom. The van der Waals surface area contributed by atoms with Crippen LogP contribution in [0.2, 0.25) is 0 Å². The van der Waals surface area contributed by atoms with Gasteiger partial charge in [0, 0.05) is 12.2 Å². The van der Waals surface area contributed by atoms with Crippen molar-refractivity contribution < 1.29 is 9.90 Å². The minimum atomic E-state index is -0.917. The monoisotopic (exact) mass is 208 g/mol. The maximum atomic E-state index is 10.9. The van der Waals surface area contributed by atoms with E-state index in [1.165, 1.54) is 0 Å². The highest BCUT2D eigenvalue weighted by atomic mass is 16.4. The Hall–Kier alpha value is -1.55. The Labute approximate surface area is 88.9 Å². The predicted octanol–water partition coefficient (Wildman–Crippen LogP) is 1.01. The number of anilines is 1. The maximum Gasteiger partial charge on any atom is 0.312 e. The summed E-state index contributed by atoms with van der Waals surface area (Å²) in [6.07, 6.45) is 0. The predicted molar refractivity (Wildman–Crippen MR) is 59.8 cm³/mol. The van der Waals surface area contributed by atoms with Crippen molar-refractivity contribution in [3.05, 3.63) is 28.8 Å². The number of benzene rings is 1. The molecule has 1 rings (SSSR count). The molecule has 1 atom stereocenters. The third-order valence-corrected chi connectivity index (χ3v) is 2.67. The van der Waals surface area contributed by atoms with Gasteiger partial charge in [0.25, 0.3) is 0 Å². The highest BCUT2D eigenvalue weighted by Gasteiger charge is 2.19. The van der Waals surface area contributed by atoms with Crippen LogP contribution in [0.25, 0.3) is 0 Å². The number of carbonyl (C=O) groups is 1. The highest BCUT2D eigenvalue weighted by Crippen LogP contribution is 2.23. The number of hydrogen-bond acceptors (Lipinski definition) is 3. The van der Waals surface area contributed by atoms with Crippen LogP contribution < -0.4 is 11.5 Å². The van der Waals surface area contributed by atoms with Crippen LogP contribution in [0.3, 0.4) is 0 Å². The van der Waals surface area contributed by atoms with E-state index < -0.39 is 11.9 Å². The summed E-state index contributed by atoms with van der Waals surface area (Å²) in [6, 6.07) is 3.52. The summed E-state index contributed by atoms with van der Waals surface area (Å²) in [6.45, 7) is 3.90. The quantitative estimate of drug-likeness (QED) is 0.647. The Morgan fingerprint density at radius 2 is 2.07 bits per heavy atom. The van der Waals surface area contributed by atoms with E-state index >= 15 is 0 Å². The third-order valence-electron chi connectivity index (χ3n) is 2.67. The van der Waals surface area contributed by atoms with Crippen LogP contribution in [0.5, 0.6) is 0 Å². The van der Waals surface area contributed by atoms with Crippen molar-refractivity contribution in [1.82, 2.24) is 0 Å². The van der Waals surface area contributed by atoms with Crippen molar-refractivity contribution in [1.29, 1.82) is 0 Å². The van der Waals surface area contributed by atoms with Gasteiger partial charge in [0.2, 0.25) is 0 Å². The second kappa shape index (κ2) is 4.31. The molecule has 0 aliphatic heterocycles. The first-order valence-corrected chi connectivity index (χ1v) is 4.76. The van der Waals surface area contributed by atoms with E-state index in [0.717, 1.165) is 11.1 Å². The number of aryl methyl sites for hydroxylation is 1. The molecule has 0 heterocycles. The van der Waals surface area contributed by atoms with Gasteiger partial charge in [-0.2, -0.15) is 0 Å². The molecule has 0 amide bonds. The molecular formula is C11H16N2O2. The number of carboxylic acids is 1. The summed E-state index contributed by atoms with van der Waals surface area (Å²) in [5.74, 6) is -1.59. The Kier molecular flexibility index (Phi) is 3.31. The molecule has 15 heavy (non-hydrogen) atoms. The molecule has 0 aliphatic rings. The lowest BCUT2D eigenvalue weighted by molar-refractivity contribution is -0.138. The largest absolute Gasteiger partial charge is 0.481 e. The van der Waals surface area contributed by atoms with Gasteiger partial charge in [-0.3, -0.25) is 4.79 Å². The molecule has 0 radical (unpaired) electrons. The molecule has 0 fully saturated rings. The SMILES string of the molecule is Cc1cc(C(CN)C(=O)O)cc(N)c1C. The van der Waals surface area contributed by atoms with E-state index in [2.05, 4.69) is 0 Å². The summed E-state index contributed by atoms with van der Waals surface area (Å²) >= 11 is 0. The molecule has 82 valence electrons. The Balaban J connectivity index is 3.20. The number of hydrogen-bond donors (Lipinski definition) is 3. The van der Waals surface area contributed by atoms with Gasteiger partial charge in [-0.05, 0) is 36.6 Å². The van der Waals surface area contributed by atoms with E-state index in [-0.39, 0.29) is 6.54 Å². The molecular weight excluding hydrogens is 192 g/mol. The molecule has 4 nitrogen and oxygen atoms in total. The lowest BCUT2D eigenvalue weighted by Crippen LogP contribution is -2.21. The summed E-state index contributed by atoms with van der Waals surface area (Å²) < 4.78 is 0. The van der Waals surface area contributed by atoms with Crippen LogP contribution in [0.15, 0.2) is 12.1 Å². The van der Waals surface area contributed by atoms with Gasteiger partial charge in [-0.1, -0.05) is 6.07 Å². The van der Waals surface area contributed by atoms with Gasteiger partial charge in [0.1, 0.15) is 0 Å². The summed E-state index contributed by atoms with van der Waals surface area (Å²) in [7, 11) is 0. The highest BCUT2D eigenvalue weighted by molar-refractivity contribution is 5.77. The fourth-order valence-electron chi connectivity index (χ4n) is 1.50. The Morgan fingerprint density at radius 1 is 1.47 bits per heavy atom. The zero-order valence-electron chi connectivity index (χ0n) is 8.95. The number of nitrogen functional groups attached to an aromatic ring is 1. The number of nitrogens with two attached hydrogens (primary N) is 2. The molecule has 0 aliphatic carbocycles. The molecule has 0 saturated heterocycles. The first kappa shape index (κ1) is 11.5. The van der Waals surface area contributed by atoms with Gasteiger partial charge in [0.05, 0.1) is 5.92 Å². The van der Waals surface area contributed by atoms with Crippen molar-refractivity contribution in [3.8, 4) is 0 Å². The van der Waals surface area contributed by atoms with E-state index in [0.29, 0.717) is 11.3 Å². The standard InChI is InChI=1S/C11H16N2O2/c1-6-3-8(4-10(13)7(6)2)9(5-12)11(14)15/h3-4,9H,5,12-13H2,1-2H3,(H,14,15). The normalized spacial score (nSPS) is 12.5. The van der Waals surface area contributed by atoms with Gasteiger partial charge < -0.3 is 16.6 Å². The van der Waals surface area contributed by atoms with Crippen molar-refractivity contribution in [2.45, 2.75) is 19.8 Å². The van der Waals surface area contributed by atoms with E-state index in [4.69, 9.17) is 16.6 Å². The smallest absolute Gasteiger partial charge is 0.312 e. The third kappa shape index (κ3) is 2.27. The van der Waals surface area contributed by atoms with E-state index in [1.54, 1.807) is 6.07 Å². The lowest BCUT2D eigenvalue weighted by atomic mass is 9.94. The van der Waals surface area contributed by atoms with Crippen molar-refractivity contribution >= 4 is 11.7 Å². The number of aliphatic carboxylic acids is 1. The summed E-state index contributed by atoms with van der Waals surface area (Å²) in [4.78, 5) is 10.9. The first-order chi connectivity index (χ1) is 6.97. The molecule has 0 bridgehead atoms. The zero-order chi connectivity index (χ0) is 11.6. The fraction of sp³-hybridized carbons (Fsp3) is 0.364. The van der Waals surface area contributed by atoms with Crippen LogP contribution in [0, 0.1) is 13.8 Å². The maximum absolute atomic E-state index is 10.9. The molecule has 0 aromatic heterocycles. The molecule has 0 spiro atoms. The lowest BCUT2D eigenvalue weighted by Gasteiger charge is -2.13. The second-order valence-electron chi connectivity index (χ2n) is 3.68. The summed E-state index contributed by atoms with van der Waals surface area (Å²) in [5, 5.41) is 8.96. The zero-order valence-corrected chi connectivity index (χ0v) is 8.95. The molecule has 4 heteroatoms. The van der Waals surface area contributed by atoms with Gasteiger partial charge >= 0.3 is 5.97 Å². The van der Waals surface area contributed by atoms with Crippen LogP contribution in [0.1, 0.15) is 22.6 Å². The molecule has 1 aromatic carbocycles. The average molecular weight is 208 g/mol. The van der Waals surface area contributed by atoms with Crippen LogP contribution >= 0.6 is 0 Å². The number of carboxylic acid groups (broad SMARTS) is 1. The first-order valence-electron chi connectivity index (χ1n) is 4.76. The molecule has 0 saturated carbocycles. The Bertz CT molecular complexity index is 365. The summed E-state index contributed by atoms with van der Waals surface area (Å²) in [5.41, 5.74) is 14.5. The molecule has 1 aromatic rings. The van der Waals surface area contributed by atoms with Crippen LogP contribution in [-0.4, -0.2) is 17.6 Å². The van der Waals surface area contributed by atoms with E-state index in [9.17, 15) is 4.79 Å². The van der Waals surface area contributed by atoms with E-state index in [1.807, 2.05) is 19.9 Å². The average Bonchev–Trinajstić information content (AvgIpc) is 2.14. The molecule has 1 unspecified atom stereocenters. The topological polar surface area (TPSA) is 89.3 Å². The van der Waals surface area contributed by atoms with Crippen molar-refractivity contribution in [2.75, 3.05) is 12.3 Å². The minimum Gasteiger partial charge on any atom is -0.481 e. The minimum absolute atomic E-state index is 0.0806. The van der Waals surface area contributed by atoms with Gasteiger partial charge in [0.15, 0.2) is 0 Å². The van der Waals surface area contributed by atoms with Crippen LogP contribution in [-0.2, 0) is 4.79 Å². The van der Waals surface area contributed by atoms with Crippen molar-refractivity contribution in [3.63, 3.8) is 0 Å². The van der Waals surface area contributed by atoms with Gasteiger partial charge in [-0.25, -0.2) is 0 Å². The van der Waals surface area contributed by atoms with Crippen LogP contribution in [0.4, 0.5) is 5.69 Å². The fourth-order valence-corrected chi connectivity index (χ4v) is 1.50. The van der Waals surface area contributed by atoms with Gasteiger partial charge in [-0.15, -0.1) is 0 Å².